The van der Waals surface area contributed by atoms with E-state index in [2.05, 4.69) is 0 Å². The summed E-state index contributed by atoms with van der Waals surface area (Å²) in [5, 5.41) is 0. The van der Waals surface area contributed by atoms with E-state index in [1.54, 1.807) is 41.4 Å². The van der Waals surface area contributed by atoms with Gasteiger partial charge in [-0.05, 0) is 0 Å². The second-order valence-corrected chi connectivity index (χ2v) is 7.20. The molecule has 0 aliphatic heterocycles. The fourth-order valence-electron chi connectivity index (χ4n) is 0.530. The van der Waals surface area contributed by atoms with Gasteiger partial charge in [0.2, 0.25) is 0 Å². The molecule has 6 heteroatoms. The minimum Gasteiger partial charge on any atom is -0.0759 e. The third kappa shape index (κ3) is 1.03. The lowest BCUT2D eigenvalue weighted by Gasteiger charge is -1.94. The lowest BCUT2D eigenvalue weighted by Crippen LogP contribution is -1.63. The van der Waals surface area contributed by atoms with Crippen LogP contribution in [-0.2, 0) is 0 Å². The second-order valence-electron chi connectivity index (χ2n) is 1.57. The van der Waals surface area contributed by atoms with Crippen LogP contribution < -0.4 is 0 Å². The van der Waals surface area contributed by atoms with E-state index >= 15 is 0 Å². The normalized spacial score (nSPS) is 10.8. The third-order valence-electron chi connectivity index (χ3n) is 0.978. The van der Waals surface area contributed by atoms with Crippen molar-refractivity contribution in [2.45, 2.75) is 0 Å². The molecule has 0 fully saturated rings. The molecule has 0 saturated carbocycles. The van der Waals surface area contributed by atoms with Crippen LogP contribution in [0.1, 0.15) is 0 Å². The van der Waals surface area contributed by atoms with E-state index in [4.69, 9.17) is 24.4 Å². The SMILES string of the molecule is S=c1ssc(=S)c2ssc12. The quantitative estimate of drug-likeness (QED) is 0.489. The molecule has 2 heterocycles. The monoisotopic (exact) mass is 240 g/mol. The highest BCUT2D eigenvalue weighted by molar-refractivity contribution is 7.86. The first-order valence-electron chi connectivity index (χ1n) is 2.31. The van der Waals surface area contributed by atoms with Gasteiger partial charge in [0.25, 0.3) is 0 Å². The average Bonchev–Trinajstić information content (AvgIpc) is 1.78. The Morgan fingerprint density at radius 1 is 0.700 bits per heavy atom. The van der Waals surface area contributed by atoms with Crippen molar-refractivity contribution in [3.05, 3.63) is 7.65 Å². The molecule has 0 radical (unpaired) electrons. The van der Waals surface area contributed by atoms with Gasteiger partial charge in [-0.15, -0.1) is 0 Å². The van der Waals surface area contributed by atoms with Gasteiger partial charge in [-0.25, -0.2) is 0 Å². The fraction of sp³-hybridized carbons (Fsp3) is 0. The van der Waals surface area contributed by atoms with Crippen molar-refractivity contribution in [1.29, 1.82) is 0 Å². The summed E-state index contributed by atoms with van der Waals surface area (Å²) in [6, 6.07) is 0. The Morgan fingerprint density at radius 3 is 1.40 bits per heavy atom. The van der Waals surface area contributed by atoms with Crippen LogP contribution in [0.3, 0.4) is 0 Å². The molecule has 0 amide bonds. The molecule has 0 bridgehead atoms. The highest BCUT2D eigenvalue weighted by atomic mass is 32.9. The molecule has 0 spiro atoms. The summed E-state index contributed by atoms with van der Waals surface area (Å²) in [7, 11) is 6.68. The van der Waals surface area contributed by atoms with E-state index in [0.717, 1.165) is 7.65 Å². The zero-order valence-corrected chi connectivity index (χ0v) is 9.35. The first kappa shape index (κ1) is 7.45. The van der Waals surface area contributed by atoms with Gasteiger partial charge >= 0.3 is 0 Å². The summed E-state index contributed by atoms with van der Waals surface area (Å²) in [4.78, 5) is 0. The van der Waals surface area contributed by atoms with Crippen molar-refractivity contribution in [2.75, 3.05) is 0 Å². The van der Waals surface area contributed by atoms with Crippen LogP contribution in [0, 0.1) is 7.65 Å². The molecule has 2 aromatic rings. The van der Waals surface area contributed by atoms with E-state index < -0.39 is 0 Å². The largest absolute Gasteiger partial charge is 0.120 e. The predicted octanol–water partition coefficient (Wildman–Crippen LogP) is 4.54. The number of hydrogen-bond donors (Lipinski definition) is 0. The Kier molecular flexibility index (Phi) is 2.00. The molecule has 2 aromatic heterocycles. The third-order valence-corrected chi connectivity index (χ3v) is 7.69. The first-order chi connectivity index (χ1) is 4.79. The summed E-state index contributed by atoms with van der Waals surface area (Å²) < 4.78 is 4.46. The van der Waals surface area contributed by atoms with Gasteiger partial charge in [0, 0.05) is 0 Å². The van der Waals surface area contributed by atoms with Crippen molar-refractivity contribution in [3.8, 4) is 0 Å². The molecule has 0 unspecified atom stereocenters. The van der Waals surface area contributed by atoms with E-state index in [1.165, 1.54) is 9.40 Å². The van der Waals surface area contributed by atoms with Crippen LogP contribution in [0.15, 0.2) is 0 Å². The van der Waals surface area contributed by atoms with E-state index in [-0.39, 0.29) is 0 Å². The summed E-state index contributed by atoms with van der Waals surface area (Å²) in [6.45, 7) is 0. The highest BCUT2D eigenvalue weighted by Crippen LogP contribution is 2.37. The lowest BCUT2D eigenvalue weighted by molar-refractivity contribution is 2.31. The van der Waals surface area contributed by atoms with E-state index in [0.29, 0.717) is 0 Å². The Morgan fingerprint density at radius 2 is 1.10 bits per heavy atom. The molecule has 2 rings (SSSR count). The van der Waals surface area contributed by atoms with Crippen LogP contribution in [0.4, 0.5) is 0 Å². The minimum atomic E-state index is 0.998. The van der Waals surface area contributed by atoms with Gasteiger partial charge in [-0.1, -0.05) is 65.8 Å². The molecule has 0 nitrogen and oxygen atoms in total. The predicted molar refractivity (Wildman–Crippen MR) is 57.1 cm³/mol. The zero-order chi connectivity index (χ0) is 7.14. The van der Waals surface area contributed by atoms with Gasteiger partial charge < -0.3 is 0 Å². The molecule has 0 aliphatic carbocycles. The molecule has 0 aliphatic rings. The summed E-state index contributed by atoms with van der Waals surface area (Å²) >= 11 is 10.2. The Hall–Kier alpha value is 0.800. The number of fused-ring (bicyclic) bond motifs is 1. The van der Waals surface area contributed by atoms with Crippen molar-refractivity contribution >= 4 is 75.2 Å². The van der Waals surface area contributed by atoms with E-state index in [1.807, 2.05) is 0 Å². The summed E-state index contributed by atoms with van der Waals surface area (Å²) in [5.41, 5.74) is 0. The van der Waals surface area contributed by atoms with Crippen LogP contribution in [-0.4, -0.2) is 0 Å². The van der Waals surface area contributed by atoms with Crippen LogP contribution in [0.5, 0.6) is 0 Å². The lowest BCUT2D eigenvalue weighted by atomic mass is 10.7. The minimum absolute atomic E-state index is 0.998. The van der Waals surface area contributed by atoms with Crippen molar-refractivity contribution in [1.82, 2.24) is 0 Å². The topological polar surface area (TPSA) is 0 Å². The number of hydrogen-bond acceptors (Lipinski definition) is 6. The maximum absolute atomic E-state index is 5.10. The highest BCUT2D eigenvalue weighted by Gasteiger charge is 2.02. The van der Waals surface area contributed by atoms with Crippen LogP contribution in [0.25, 0.3) is 9.40 Å². The van der Waals surface area contributed by atoms with Crippen LogP contribution in [0.2, 0.25) is 0 Å². The van der Waals surface area contributed by atoms with Gasteiger partial charge in [-0.2, -0.15) is 0 Å². The molecule has 0 aromatic carbocycles. The summed E-state index contributed by atoms with van der Waals surface area (Å²) in [5.74, 6) is 0. The Bertz CT molecular complexity index is 406. The number of rotatable bonds is 0. The summed E-state index contributed by atoms with van der Waals surface area (Å²) in [6.07, 6.45) is 0. The maximum Gasteiger partial charge on any atom is 0.120 e. The Balaban J connectivity index is 3.13. The van der Waals surface area contributed by atoms with Gasteiger partial charge in [0.05, 0.1) is 9.40 Å². The molecule has 52 valence electrons. The zero-order valence-electron chi connectivity index (χ0n) is 4.45. The van der Waals surface area contributed by atoms with Crippen molar-refractivity contribution < 1.29 is 0 Å². The fourth-order valence-corrected chi connectivity index (χ4v) is 6.61. The molecule has 10 heavy (non-hydrogen) atoms. The van der Waals surface area contributed by atoms with E-state index in [9.17, 15) is 0 Å². The van der Waals surface area contributed by atoms with Crippen LogP contribution >= 0.6 is 65.8 Å². The second kappa shape index (κ2) is 2.69. The van der Waals surface area contributed by atoms with Gasteiger partial charge in [-0.3, -0.25) is 0 Å². The van der Waals surface area contributed by atoms with Gasteiger partial charge in [0.15, 0.2) is 0 Å². The molecule has 0 saturated heterocycles. The Labute approximate surface area is 82.2 Å². The molecular formula is C4S6. The first-order valence-corrected chi connectivity index (χ1v) is 7.42. The standard InChI is InChI=1S/C4S6/c5-3-1-2(8-7-1)4(6)10-9-3. The average molecular weight is 240 g/mol. The van der Waals surface area contributed by atoms with Gasteiger partial charge in [0.1, 0.15) is 7.65 Å². The van der Waals surface area contributed by atoms with Crippen molar-refractivity contribution in [2.24, 2.45) is 0 Å². The molecule has 0 N–H and O–H groups in total. The maximum atomic E-state index is 5.10. The molecule has 0 atom stereocenters. The van der Waals surface area contributed by atoms with Crippen molar-refractivity contribution in [3.63, 3.8) is 0 Å². The molecular weight excluding hydrogens is 240 g/mol. The smallest absolute Gasteiger partial charge is 0.0759 e.